The molecule has 0 spiro atoms. The van der Waals surface area contributed by atoms with E-state index in [2.05, 4.69) is 22.0 Å². The van der Waals surface area contributed by atoms with Crippen molar-refractivity contribution in [1.29, 1.82) is 0 Å². The van der Waals surface area contributed by atoms with E-state index in [-0.39, 0.29) is 0 Å². The third-order valence-corrected chi connectivity index (χ3v) is 4.66. The van der Waals surface area contributed by atoms with Crippen molar-refractivity contribution < 1.29 is 9.52 Å². The molecular formula is C17H25N3O2. The lowest BCUT2D eigenvalue weighted by molar-refractivity contribution is 0.0824. The summed E-state index contributed by atoms with van der Waals surface area (Å²) in [7, 11) is 0. The normalized spacial score (nSPS) is 21.6. The highest BCUT2D eigenvalue weighted by Crippen LogP contribution is 2.27. The lowest BCUT2D eigenvalue weighted by Crippen LogP contribution is -2.35. The summed E-state index contributed by atoms with van der Waals surface area (Å²) in [4.78, 5) is 2.49. The van der Waals surface area contributed by atoms with Crippen molar-refractivity contribution in [2.45, 2.75) is 57.7 Å². The zero-order valence-electron chi connectivity index (χ0n) is 13.2. The standard InChI is InChI=1S/C17H25N3O2/c1-13-11-18-19-15(13)12-20-8-4-2-3-6-14(20)10-16(21)17-7-5-9-22-17/h5,7,9,11,14,16,21H,2-4,6,8,10,12H2,1H3,(H,18,19). The summed E-state index contributed by atoms with van der Waals surface area (Å²) in [6, 6.07) is 4.06. The quantitative estimate of drug-likeness (QED) is 0.890. The summed E-state index contributed by atoms with van der Waals surface area (Å²) < 4.78 is 5.34. The molecule has 120 valence electrons. The van der Waals surface area contributed by atoms with E-state index >= 15 is 0 Å². The van der Waals surface area contributed by atoms with Crippen LogP contribution in [0.5, 0.6) is 0 Å². The third-order valence-electron chi connectivity index (χ3n) is 4.66. The second-order valence-corrected chi connectivity index (χ2v) is 6.27. The predicted molar refractivity (Wildman–Crippen MR) is 84.3 cm³/mol. The Bertz CT molecular complexity index is 564. The number of hydrogen-bond acceptors (Lipinski definition) is 4. The topological polar surface area (TPSA) is 65.3 Å². The third kappa shape index (κ3) is 3.59. The van der Waals surface area contributed by atoms with Gasteiger partial charge in [0, 0.05) is 12.6 Å². The van der Waals surface area contributed by atoms with Crippen LogP contribution in [-0.2, 0) is 6.54 Å². The van der Waals surface area contributed by atoms with Crippen molar-refractivity contribution in [3.63, 3.8) is 0 Å². The van der Waals surface area contributed by atoms with Gasteiger partial charge in [0.2, 0.25) is 0 Å². The average Bonchev–Trinajstić information content (AvgIpc) is 3.12. The maximum Gasteiger partial charge on any atom is 0.132 e. The molecule has 5 heteroatoms. The number of aromatic nitrogens is 2. The van der Waals surface area contributed by atoms with Gasteiger partial charge in [-0.1, -0.05) is 12.8 Å². The molecule has 2 aromatic rings. The van der Waals surface area contributed by atoms with Crippen molar-refractivity contribution in [2.24, 2.45) is 0 Å². The van der Waals surface area contributed by atoms with E-state index in [1.165, 1.54) is 30.5 Å². The molecule has 5 nitrogen and oxygen atoms in total. The molecule has 0 aliphatic carbocycles. The van der Waals surface area contributed by atoms with Gasteiger partial charge in [0.15, 0.2) is 0 Å². The van der Waals surface area contributed by atoms with E-state index in [1.807, 2.05) is 18.3 Å². The molecule has 2 aromatic heterocycles. The number of likely N-dealkylation sites (tertiary alicyclic amines) is 1. The molecule has 3 rings (SSSR count). The number of rotatable bonds is 5. The molecule has 22 heavy (non-hydrogen) atoms. The second kappa shape index (κ2) is 7.11. The first-order valence-electron chi connectivity index (χ1n) is 8.18. The highest BCUT2D eigenvalue weighted by molar-refractivity contribution is 5.13. The lowest BCUT2D eigenvalue weighted by Gasteiger charge is -2.30. The fourth-order valence-corrected chi connectivity index (χ4v) is 3.30. The molecule has 2 unspecified atom stereocenters. The largest absolute Gasteiger partial charge is 0.467 e. The van der Waals surface area contributed by atoms with Gasteiger partial charge in [-0.2, -0.15) is 5.10 Å². The first-order chi connectivity index (χ1) is 10.7. The number of aromatic amines is 1. The number of aliphatic hydroxyl groups is 1. The first kappa shape index (κ1) is 15.3. The summed E-state index contributed by atoms with van der Waals surface area (Å²) >= 11 is 0. The number of aliphatic hydroxyl groups excluding tert-OH is 1. The van der Waals surface area contributed by atoms with Crippen LogP contribution in [0.2, 0.25) is 0 Å². The fourth-order valence-electron chi connectivity index (χ4n) is 3.30. The Hall–Kier alpha value is -1.59. The minimum atomic E-state index is -0.525. The summed E-state index contributed by atoms with van der Waals surface area (Å²) in [6.07, 6.45) is 8.55. The van der Waals surface area contributed by atoms with Gasteiger partial charge >= 0.3 is 0 Å². The molecule has 0 amide bonds. The number of aryl methyl sites for hydroxylation is 1. The molecule has 1 aliphatic rings. The van der Waals surface area contributed by atoms with Crippen LogP contribution >= 0.6 is 0 Å². The van der Waals surface area contributed by atoms with E-state index in [0.717, 1.165) is 25.9 Å². The summed E-state index contributed by atoms with van der Waals surface area (Å²) in [6.45, 7) is 4.04. The first-order valence-corrected chi connectivity index (χ1v) is 8.18. The fraction of sp³-hybridized carbons (Fsp3) is 0.588. The number of nitrogens with zero attached hydrogens (tertiary/aromatic N) is 2. The van der Waals surface area contributed by atoms with Crippen LogP contribution < -0.4 is 0 Å². The molecule has 1 saturated heterocycles. The number of hydrogen-bond donors (Lipinski definition) is 2. The van der Waals surface area contributed by atoms with Crippen LogP contribution in [0.4, 0.5) is 0 Å². The molecule has 0 bridgehead atoms. The molecule has 1 fully saturated rings. The van der Waals surface area contributed by atoms with Crippen molar-refractivity contribution >= 4 is 0 Å². The smallest absolute Gasteiger partial charge is 0.132 e. The number of H-pyrrole nitrogens is 1. The molecule has 0 radical (unpaired) electrons. The molecule has 0 saturated carbocycles. The molecular weight excluding hydrogens is 278 g/mol. The van der Waals surface area contributed by atoms with Crippen LogP contribution in [0.15, 0.2) is 29.0 Å². The number of furan rings is 1. The Morgan fingerprint density at radius 3 is 3.09 bits per heavy atom. The zero-order valence-corrected chi connectivity index (χ0v) is 13.2. The second-order valence-electron chi connectivity index (χ2n) is 6.27. The molecule has 0 aromatic carbocycles. The van der Waals surface area contributed by atoms with Gasteiger partial charge in [-0.3, -0.25) is 10.00 Å². The lowest BCUT2D eigenvalue weighted by atomic mass is 10.0. The van der Waals surface area contributed by atoms with Gasteiger partial charge in [-0.25, -0.2) is 0 Å². The minimum Gasteiger partial charge on any atom is -0.467 e. The SMILES string of the molecule is Cc1cn[nH]c1CN1CCCCCC1CC(O)c1ccco1. The van der Waals surface area contributed by atoms with Crippen LogP contribution in [0.25, 0.3) is 0 Å². The Morgan fingerprint density at radius 2 is 2.36 bits per heavy atom. The monoisotopic (exact) mass is 303 g/mol. The van der Waals surface area contributed by atoms with Gasteiger partial charge in [0.1, 0.15) is 11.9 Å². The van der Waals surface area contributed by atoms with Crippen LogP contribution in [-0.4, -0.2) is 32.8 Å². The van der Waals surface area contributed by atoms with Crippen molar-refractivity contribution in [1.82, 2.24) is 15.1 Å². The highest BCUT2D eigenvalue weighted by Gasteiger charge is 2.26. The Labute approximate surface area is 131 Å². The summed E-state index contributed by atoms with van der Waals surface area (Å²) in [5.74, 6) is 0.668. The number of nitrogens with one attached hydrogen (secondary N) is 1. The van der Waals surface area contributed by atoms with Crippen molar-refractivity contribution in [2.75, 3.05) is 6.54 Å². The molecule has 2 N–H and O–H groups in total. The summed E-state index contributed by atoms with van der Waals surface area (Å²) in [5, 5.41) is 17.6. The van der Waals surface area contributed by atoms with Gasteiger partial charge in [-0.15, -0.1) is 0 Å². The molecule has 2 atom stereocenters. The maximum atomic E-state index is 10.4. The molecule has 3 heterocycles. The highest BCUT2D eigenvalue weighted by atomic mass is 16.4. The zero-order chi connectivity index (χ0) is 15.4. The Balaban J connectivity index is 1.69. The minimum absolute atomic E-state index is 0.380. The van der Waals surface area contributed by atoms with E-state index in [1.54, 1.807) is 6.26 Å². The van der Waals surface area contributed by atoms with Gasteiger partial charge < -0.3 is 9.52 Å². The van der Waals surface area contributed by atoms with Gasteiger partial charge in [0.25, 0.3) is 0 Å². The average molecular weight is 303 g/mol. The van der Waals surface area contributed by atoms with Gasteiger partial charge in [-0.05, 0) is 50.4 Å². The van der Waals surface area contributed by atoms with Crippen LogP contribution in [0.1, 0.15) is 55.2 Å². The Kier molecular flexibility index (Phi) is 4.95. The van der Waals surface area contributed by atoms with E-state index in [0.29, 0.717) is 11.8 Å². The van der Waals surface area contributed by atoms with Crippen molar-refractivity contribution in [3.8, 4) is 0 Å². The molecule has 1 aliphatic heterocycles. The van der Waals surface area contributed by atoms with E-state index < -0.39 is 6.10 Å². The van der Waals surface area contributed by atoms with Crippen molar-refractivity contribution in [3.05, 3.63) is 41.6 Å². The Morgan fingerprint density at radius 1 is 1.45 bits per heavy atom. The van der Waals surface area contributed by atoms with E-state index in [4.69, 9.17) is 4.42 Å². The van der Waals surface area contributed by atoms with E-state index in [9.17, 15) is 5.11 Å². The van der Waals surface area contributed by atoms with Gasteiger partial charge in [0.05, 0.1) is 18.2 Å². The predicted octanol–water partition coefficient (Wildman–Crippen LogP) is 3.18. The van der Waals surface area contributed by atoms with Crippen LogP contribution in [0.3, 0.4) is 0 Å². The summed E-state index contributed by atoms with van der Waals surface area (Å²) in [5.41, 5.74) is 2.38. The van der Waals surface area contributed by atoms with Crippen LogP contribution in [0, 0.1) is 6.92 Å². The maximum absolute atomic E-state index is 10.4.